The van der Waals surface area contributed by atoms with E-state index in [4.69, 9.17) is 4.74 Å². The van der Waals surface area contributed by atoms with Gasteiger partial charge in [0.2, 0.25) is 0 Å². The molecule has 1 aliphatic heterocycles. The molecule has 1 aliphatic rings. The summed E-state index contributed by atoms with van der Waals surface area (Å²) in [5, 5.41) is 3.12. The Balaban J connectivity index is 1.68. The molecule has 37 heavy (non-hydrogen) atoms. The van der Waals surface area contributed by atoms with E-state index in [-0.39, 0.29) is 23.6 Å². The fraction of sp³-hybridized carbons (Fsp3) is 0.467. The van der Waals surface area contributed by atoms with Crippen LogP contribution in [-0.2, 0) is 4.74 Å². The molecular formula is C30H39FN2O3Si. The van der Waals surface area contributed by atoms with Crippen molar-refractivity contribution in [2.75, 3.05) is 13.1 Å². The van der Waals surface area contributed by atoms with Crippen LogP contribution in [0, 0.1) is 23.2 Å². The zero-order chi connectivity index (χ0) is 27.2. The number of likely N-dealkylation sites (tertiary alicyclic amines) is 1. The van der Waals surface area contributed by atoms with E-state index < -0.39 is 19.5 Å². The van der Waals surface area contributed by atoms with Crippen molar-refractivity contribution < 1.29 is 18.7 Å². The minimum absolute atomic E-state index is 0.221. The van der Waals surface area contributed by atoms with Crippen molar-refractivity contribution in [2.45, 2.75) is 71.3 Å². The molecule has 1 atom stereocenters. The van der Waals surface area contributed by atoms with Gasteiger partial charge in [-0.3, -0.25) is 4.79 Å². The number of ether oxygens (including phenoxy) is 1. The number of piperidine rings is 1. The maximum Gasteiger partial charge on any atom is 0.410 e. The molecule has 1 unspecified atom stereocenters. The molecule has 1 N–H and O–H groups in total. The molecule has 2 aromatic carbocycles. The summed E-state index contributed by atoms with van der Waals surface area (Å²) in [7, 11) is -1.64. The van der Waals surface area contributed by atoms with Gasteiger partial charge in [0.1, 0.15) is 19.5 Å². The zero-order valence-corrected chi connectivity index (χ0v) is 23.9. The van der Waals surface area contributed by atoms with Gasteiger partial charge in [0, 0.05) is 18.7 Å². The number of rotatable bonds is 5. The van der Waals surface area contributed by atoms with Gasteiger partial charge in [0.25, 0.3) is 5.91 Å². The lowest BCUT2D eigenvalue weighted by atomic mass is 9.87. The third-order valence-corrected chi connectivity index (χ3v) is 7.02. The summed E-state index contributed by atoms with van der Waals surface area (Å²) in [6.07, 6.45) is 2.12. The Labute approximate surface area is 221 Å². The summed E-state index contributed by atoms with van der Waals surface area (Å²) in [6.45, 7) is 13.2. The first-order valence-electron chi connectivity index (χ1n) is 13.0. The molecule has 1 fully saturated rings. The molecule has 0 aromatic heterocycles. The number of hydrogen-bond donors (Lipinski definition) is 1. The first-order chi connectivity index (χ1) is 17.3. The van der Waals surface area contributed by atoms with Gasteiger partial charge in [-0.15, -0.1) is 5.54 Å². The molecule has 1 saturated heterocycles. The van der Waals surface area contributed by atoms with Crippen molar-refractivity contribution in [3.63, 3.8) is 0 Å². The molecule has 0 aliphatic carbocycles. The molecule has 2 amide bonds. The number of amides is 2. The summed E-state index contributed by atoms with van der Waals surface area (Å²) in [6, 6.07) is 14.1. The van der Waals surface area contributed by atoms with E-state index in [9.17, 15) is 14.0 Å². The number of nitrogens with zero attached hydrogens (tertiary/aromatic N) is 1. The Morgan fingerprint density at radius 3 is 2.32 bits per heavy atom. The van der Waals surface area contributed by atoms with Crippen LogP contribution in [0.25, 0.3) is 0 Å². The summed E-state index contributed by atoms with van der Waals surface area (Å²) >= 11 is 0. The Kier molecular flexibility index (Phi) is 9.20. The smallest absolute Gasteiger partial charge is 0.410 e. The highest BCUT2D eigenvalue weighted by Gasteiger charge is 2.29. The Hall–Kier alpha value is -3.11. The molecule has 198 valence electrons. The number of carbonyl (C=O) groups is 2. The molecule has 0 spiro atoms. The molecule has 1 heterocycles. The molecule has 5 nitrogen and oxygen atoms in total. The van der Waals surface area contributed by atoms with Crippen LogP contribution in [0.5, 0.6) is 0 Å². The molecule has 0 radical (unpaired) electrons. The average molecular weight is 523 g/mol. The van der Waals surface area contributed by atoms with Crippen LogP contribution in [0.2, 0.25) is 19.6 Å². The normalized spacial score (nSPS) is 15.4. The van der Waals surface area contributed by atoms with Gasteiger partial charge in [0.15, 0.2) is 0 Å². The zero-order valence-electron chi connectivity index (χ0n) is 22.9. The van der Waals surface area contributed by atoms with Gasteiger partial charge >= 0.3 is 6.09 Å². The second kappa shape index (κ2) is 12.0. The highest BCUT2D eigenvalue weighted by molar-refractivity contribution is 6.83. The van der Waals surface area contributed by atoms with Crippen molar-refractivity contribution in [3.05, 3.63) is 71.0 Å². The average Bonchev–Trinajstić information content (AvgIpc) is 2.82. The molecular weight excluding hydrogens is 483 g/mol. The highest BCUT2D eigenvalue weighted by atomic mass is 28.3. The third kappa shape index (κ3) is 9.05. The predicted molar refractivity (Wildman–Crippen MR) is 148 cm³/mol. The molecule has 7 heteroatoms. The van der Waals surface area contributed by atoms with E-state index in [1.54, 1.807) is 17.0 Å². The predicted octanol–water partition coefficient (Wildman–Crippen LogP) is 6.56. The van der Waals surface area contributed by atoms with Gasteiger partial charge in [-0.1, -0.05) is 55.9 Å². The van der Waals surface area contributed by atoms with Crippen LogP contribution in [0.1, 0.15) is 67.6 Å². The lowest BCUT2D eigenvalue weighted by Gasteiger charge is -2.35. The maximum atomic E-state index is 14.7. The second-order valence-electron chi connectivity index (χ2n) is 11.8. The second-order valence-corrected chi connectivity index (χ2v) is 16.5. The van der Waals surface area contributed by atoms with Gasteiger partial charge in [-0.25, -0.2) is 9.18 Å². The van der Waals surface area contributed by atoms with E-state index in [0.717, 1.165) is 24.8 Å². The van der Waals surface area contributed by atoms with E-state index in [1.807, 2.05) is 51.1 Å². The first kappa shape index (κ1) is 28.5. The fourth-order valence-corrected chi connectivity index (χ4v) is 4.74. The van der Waals surface area contributed by atoms with Crippen molar-refractivity contribution in [2.24, 2.45) is 5.92 Å². The Morgan fingerprint density at radius 2 is 1.76 bits per heavy atom. The van der Waals surface area contributed by atoms with E-state index in [1.165, 1.54) is 6.07 Å². The summed E-state index contributed by atoms with van der Waals surface area (Å²) in [5.41, 5.74) is 4.24. The standard InChI is InChI=1S/C30H39FN2O3Si/c1-30(2,3)36-29(35)33-17-14-22(15-18-33)20-27(24-10-8-7-9-11-24)32-28(34)25-13-12-23(26(31)21-25)16-19-37(4,5)6/h7-13,21-22,27H,14-15,17-18,20H2,1-6H3,(H,32,34). The van der Waals surface area contributed by atoms with Crippen LogP contribution in [-0.4, -0.2) is 43.7 Å². The lowest BCUT2D eigenvalue weighted by molar-refractivity contribution is 0.0178. The SMILES string of the molecule is CC(C)(C)OC(=O)N1CCC(CC(NC(=O)c2ccc(C#C[Si](C)(C)C)c(F)c2)c2ccccc2)CC1. The minimum atomic E-state index is -1.64. The lowest BCUT2D eigenvalue weighted by Crippen LogP contribution is -2.42. The van der Waals surface area contributed by atoms with Gasteiger partial charge < -0.3 is 15.0 Å². The molecule has 3 rings (SSSR count). The van der Waals surface area contributed by atoms with E-state index in [2.05, 4.69) is 36.4 Å². The van der Waals surface area contributed by atoms with Gasteiger partial charge in [0.05, 0.1) is 11.6 Å². The summed E-state index contributed by atoms with van der Waals surface area (Å²) in [5.74, 6) is 2.47. The van der Waals surface area contributed by atoms with Crippen molar-refractivity contribution in [3.8, 4) is 11.5 Å². The van der Waals surface area contributed by atoms with Crippen molar-refractivity contribution in [1.29, 1.82) is 0 Å². The van der Waals surface area contributed by atoms with Crippen LogP contribution < -0.4 is 5.32 Å². The number of carbonyl (C=O) groups excluding carboxylic acids is 2. The van der Waals surface area contributed by atoms with Crippen molar-refractivity contribution in [1.82, 2.24) is 10.2 Å². The van der Waals surface area contributed by atoms with Crippen LogP contribution in [0.4, 0.5) is 9.18 Å². The first-order valence-corrected chi connectivity index (χ1v) is 16.5. The Bertz CT molecular complexity index is 1150. The van der Waals surface area contributed by atoms with Gasteiger partial charge in [-0.2, -0.15) is 0 Å². The number of nitrogens with one attached hydrogen (secondary N) is 1. The van der Waals surface area contributed by atoms with Crippen LogP contribution >= 0.6 is 0 Å². The van der Waals surface area contributed by atoms with E-state index in [0.29, 0.717) is 24.6 Å². The van der Waals surface area contributed by atoms with E-state index >= 15 is 0 Å². The van der Waals surface area contributed by atoms with Crippen molar-refractivity contribution >= 4 is 20.1 Å². The topological polar surface area (TPSA) is 58.6 Å². The molecule has 0 bridgehead atoms. The van der Waals surface area contributed by atoms with Crippen LogP contribution in [0.15, 0.2) is 48.5 Å². The summed E-state index contributed by atoms with van der Waals surface area (Å²) < 4.78 is 20.2. The largest absolute Gasteiger partial charge is 0.444 e. The Morgan fingerprint density at radius 1 is 1.11 bits per heavy atom. The molecule has 2 aromatic rings. The highest BCUT2D eigenvalue weighted by Crippen LogP contribution is 2.29. The monoisotopic (exact) mass is 522 g/mol. The maximum absolute atomic E-state index is 14.7. The number of benzene rings is 2. The number of halogens is 1. The summed E-state index contributed by atoms with van der Waals surface area (Å²) in [4.78, 5) is 27.3. The van der Waals surface area contributed by atoms with Gasteiger partial charge in [-0.05, 0) is 69.7 Å². The minimum Gasteiger partial charge on any atom is -0.444 e. The third-order valence-electron chi connectivity index (χ3n) is 6.15. The quantitative estimate of drug-likeness (QED) is 0.357. The fourth-order valence-electron chi connectivity index (χ4n) is 4.23. The molecule has 0 saturated carbocycles. The number of hydrogen-bond acceptors (Lipinski definition) is 3. The van der Waals surface area contributed by atoms with Crippen LogP contribution in [0.3, 0.4) is 0 Å².